The van der Waals surface area contributed by atoms with Crippen molar-refractivity contribution in [3.05, 3.63) is 0 Å². The van der Waals surface area contributed by atoms with Gasteiger partial charge >= 0.3 is 5.97 Å². The van der Waals surface area contributed by atoms with Gasteiger partial charge in [-0.2, -0.15) is 0 Å². The van der Waals surface area contributed by atoms with E-state index in [1.165, 1.54) is 44.9 Å². The monoisotopic (exact) mass is 242 g/mol. The van der Waals surface area contributed by atoms with Gasteiger partial charge in [0.15, 0.2) is 0 Å². The minimum Gasteiger partial charge on any atom is -0.481 e. The first kappa shape index (κ1) is 14.5. The van der Waals surface area contributed by atoms with Crippen LogP contribution in [0.4, 0.5) is 0 Å². The van der Waals surface area contributed by atoms with E-state index in [2.05, 4.69) is 0 Å². The predicted octanol–water partition coefficient (Wildman–Crippen LogP) is 3.62. The molecule has 0 aliphatic carbocycles. The molecule has 0 radical (unpaired) electrons. The lowest BCUT2D eigenvalue weighted by Gasteiger charge is -2.06. The molecule has 0 amide bonds. The van der Waals surface area contributed by atoms with Crippen LogP contribution in [0.5, 0.6) is 0 Å². The summed E-state index contributed by atoms with van der Waals surface area (Å²) in [5.41, 5.74) is 0. The first-order valence-electron chi connectivity index (χ1n) is 7.08. The Morgan fingerprint density at radius 1 is 1.06 bits per heavy atom. The van der Waals surface area contributed by atoms with Crippen molar-refractivity contribution >= 4 is 5.97 Å². The number of rotatable bonds is 10. The summed E-state index contributed by atoms with van der Waals surface area (Å²) < 4.78 is 5.35. The highest BCUT2D eigenvalue weighted by Gasteiger charge is 2.14. The fourth-order valence-electron chi connectivity index (χ4n) is 2.40. The molecule has 1 heterocycles. The van der Waals surface area contributed by atoms with Crippen molar-refractivity contribution in [1.29, 1.82) is 0 Å². The predicted molar refractivity (Wildman–Crippen MR) is 68.1 cm³/mol. The minimum atomic E-state index is -0.663. The summed E-state index contributed by atoms with van der Waals surface area (Å²) in [5.74, 6) is 0.161. The van der Waals surface area contributed by atoms with Gasteiger partial charge in [-0.05, 0) is 25.2 Å². The molecule has 1 aliphatic rings. The molecule has 17 heavy (non-hydrogen) atoms. The molecule has 1 fully saturated rings. The Balaban J connectivity index is 1.73. The fourth-order valence-corrected chi connectivity index (χ4v) is 2.40. The summed E-state index contributed by atoms with van der Waals surface area (Å²) in [6.07, 6.45) is 11.3. The van der Waals surface area contributed by atoms with Crippen LogP contribution < -0.4 is 0 Å². The second-order valence-corrected chi connectivity index (χ2v) is 5.14. The molecular formula is C14H26O3. The molecule has 3 nitrogen and oxygen atoms in total. The maximum absolute atomic E-state index is 10.3. The lowest BCUT2D eigenvalue weighted by Crippen LogP contribution is -1.98. The molecule has 0 aromatic carbocycles. The maximum atomic E-state index is 10.3. The van der Waals surface area contributed by atoms with Gasteiger partial charge in [0.2, 0.25) is 0 Å². The molecule has 0 saturated carbocycles. The van der Waals surface area contributed by atoms with Crippen LogP contribution in [0.2, 0.25) is 0 Å². The second-order valence-electron chi connectivity index (χ2n) is 5.14. The number of hydrogen-bond donors (Lipinski definition) is 1. The average molecular weight is 242 g/mol. The first-order valence-corrected chi connectivity index (χ1v) is 7.08. The van der Waals surface area contributed by atoms with Gasteiger partial charge < -0.3 is 9.84 Å². The van der Waals surface area contributed by atoms with E-state index in [9.17, 15) is 4.79 Å². The molecule has 1 N–H and O–H groups in total. The number of carboxylic acid groups (broad SMARTS) is 1. The topological polar surface area (TPSA) is 46.5 Å². The average Bonchev–Trinajstić information content (AvgIpc) is 2.79. The Bertz CT molecular complexity index is 198. The number of unbranched alkanes of at least 4 members (excludes halogenated alkanes) is 6. The molecule has 1 rings (SSSR count). The smallest absolute Gasteiger partial charge is 0.303 e. The van der Waals surface area contributed by atoms with Gasteiger partial charge in [0.25, 0.3) is 0 Å². The summed E-state index contributed by atoms with van der Waals surface area (Å²) in [4.78, 5) is 10.3. The van der Waals surface area contributed by atoms with Gasteiger partial charge in [0.05, 0.1) is 0 Å². The van der Waals surface area contributed by atoms with Crippen molar-refractivity contribution in [3.63, 3.8) is 0 Å². The van der Waals surface area contributed by atoms with E-state index in [0.717, 1.165) is 32.0 Å². The third-order valence-electron chi connectivity index (χ3n) is 3.53. The Morgan fingerprint density at radius 3 is 2.29 bits per heavy atom. The third-order valence-corrected chi connectivity index (χ3v) is 3.53. The summed E-state index contributed by atoms with van der Waals surface area (Å²) in [6.45, 7) is 1.95. The van der Waals surface area contributed by atoms with E-state index in [0.29, 0.717) is 6.42 Å². The zero-order chi connectivity index (χ0) is 12.3. The van der Waals surface area contributed by atoms with Crippen LogP contribution in [0, 0.1) is 5.92 Å². The molecule has 1 aliphatic heterocycles. The van der Waals surface area contributed by atoms with Gasteiger partial charge in [-0.1, -0.05) is 38.5 Å². The number of hydrogen-bond acceptors (Lipinski definition) is 2. The number of ether oxygens (including phenoxy) is 1. The molecule has 0 aromatic heterocycles. The molecule has 0 bridgehead atoms. The maximum Gasteiger partial charge on any atom is 0.303 e. The van der Waals surface area contributed by atoms with Gasteiger partial charge in [-0.15, -0.1) is 0 Å². The zero-order valence-electron chi connectivity index (χ0n) is 10.8. The van der Waals surface area contributed by atoms with Gasteiger partial charge in [-0.3, -0.25) is 4.79 Å². The molecular weight excluding hydrogens is 216 g/mol. The molecule has 100 valence electrons. The Labute approximate surface area is 105 Å². The number of carbonyl (C=O) groups is 1. The van der Waals surface area contributed by atoms with E-state index in [1.807, 2.05) is 0 Å². The highest BCUT2D eigenvalue weighted by molar-refractivity contribution is 5.66. The highest BCUT2D eigenvalue weighted by atomic mass is 16.5. The van der Waals surface area contributed by atoms with Crippen molar-refractivity contribution < 1.29 is 14.6 Å². The van der Waals surface area contributed by atoms with Crippen LogP contribution in [0.25, 0.3) is 0 Å². The molecule has 0 spiro atoms. The summed E-state index contributed by atoms with van der Waals surface area (Å²) in [7, 11) is 0. The molecule has 3 heteroatoms. The van der Waals surface area contributed by atoms with E-state index >= 15 is 0 Å². The first-order chi connectivity index (χ1) is 8.29. The lowest BCUT2D eigenvalue weighted by atomic mass is 9.99. The van der Waals surface area contributed by atoms with Crippen molar-refractivity contribution in [2.45, 2.75) is 64.2 Å². The third kappa shape index (κ3) is 8.19. The van der Waals surface area contributed by atoms with Crippen LogP contribution in [-0.2, 0) is 9.53 Å². The molecule has 1 atom stereocenters. The highest BCUT2D eigenvalue weighted by Crippen LogP contribution is 2.20. The largest absolute Gasteiger partial charge is 0.481 e. The Kier molecular flexibility index (Phi) is 8.06. The van der Waals surface area contributed by atoms with Crippen LogP contribution in [-0.4, -0.2) is 24.3 Å². The number of aliphatic carboxylic acids is 1. The van der Waals surface area contributed by atoms with E-state index in [-0.39, 0.29) is 0 Å². The molecule has 0 aromatic rings. The number of carboxylic acids is 1. The fraction of sp³-hybridized carbons (Fsp3) is 0.929. The van der Waals surface area contributed by atoms with Gasteiger partial charge in [0.1, 0.15) is 0 Å². The lowest BCUT2D eigenvalue weighted by molar-refractivity contribution is -0.137. The van der Waals surface area contributed by atoms with Crippen molar-refractivity contribution in [2.24, 2.45) is 5.92 Å². The second kappa shape index (κ2) is 9.46. The normalized spacial score (nSPS) is 19.6. The van der Waals surface area contributed by atoms with Crippen molar-refractivity contribution in [3.8, 4) is 0 Å². The van der Waals surface area contributed by atoms with E-state index in [1.54, 1.807) is 0 Å². The Hall–Kier alpha value is -0.570. The van der Waals surface area contributed by atoms with Gasteiger partial charge in [0, 0.05) is 19.6 Å². The van der Waals surface area contributed by atoms with Crippen LogP contribution in [0.1, 0.15) is 64.2 Å². The van der Waals surface area contributed by atoms with Crippen LogP contribution in [0.15, 0.2) is 0 Å². The van der Waals surface area contributed by atoms with Crippen molar-refractivity contribution in [2.75, 3.05) is 13.2 Å². The SMILES string of the molecule is O=C(O)CCCCCCCCCC1CCOC1. The summed E-state index contributed by atoms with van der Waals surface area (Å²) >= 11 is 0. The zero-order valence-corrected chi connectivity index (χ0v) is 10.8. The minimum absolute atomic E-state index is 0.335. The molecule has 1 unspecified atom stereocenters. The quantitative estimate of drug-likeness (QED) is 0.595. The van der Waals surface area contributed by atoms with Gasteiger partial charge in [-0.25, -0.2) is 0 Å². The molecule has 1 saturated heterocycles. The summed E-state index contributed by atoms with van der Waals surface area (Å²) in [5, 5.41) is 8.48. The summed E-state index contributed by atoms with van der Waals surface area (Å²) in [6, 6.07) is 0. The van der Waals surface area contributed by atoms with E-state index in [4.69, 9.17) is 9.84 Å². The van der Waals surface area contributed by atoms with Crippen LogP contribution >= 0.6 is 0 Å². The van der Waals surface area contributed by atoms with Crippen LogP contribution in [0.3, 0.4) is 0 Å². The Morgan fingerprint density at radius 2 is 1.71 bits per heavy atom. The van der Waals surface area contributed by atoms with Crippen molar-refractivity contribution in [1.82, 2.24) is 0 Å². The standard InChI is InChI=1S/C14H26O3/c15-14(16)9-7-5-3-1-2-4-6-8-13-10-11-17-12-13/h13H,1-12H2,(H,15,16). The van der Waals surface area contributed by atoms with E-state index < -0.39 is 5.97 Å².